The smallest absolute Gasteiger partial charge is 0.193 e. The standard InChI is InChI=1S/C37H39NO5/c1-3-15-36(41)17-13-30-28-12-16-35(40)23-37(42-19-20-43-37)18-14-31(35)32(28)29(21-34(30,36)2)25-8-10-27(11-9-25)33(39)26-6-4-24(22-38)5-7-26/h4-11,28-30,40-41H,12-14,16-21,23H2,1-2H3. The van der Waals surface area contributed by atoms with Crippen molar-refractivity contribution in [1.82, 2.24) is 0 Å². The third kappa shape index (κ3) is 4.34. The Morgan fingerprint density at radius 3 is 2.28 bits per heavy atom. The molecule has 1 spiro atoms. The molecule has 3 saturated carbocycles. The van der Waals surface area contributed by atoms with E-state index >= 15 is 0 Å². The number of ketones is 1. The van der Waals surface area contributed by atoms with E-state index in [0.29, 0.717) is 49.2 Å². The topological polar surface area (TPSA) is 99.8 Å². The van der Waals surface area contributed by atoms with Gasteiger partial charge in [0.1, 0.15) is 5.60 Å². The number of nitrogens with zero attached hydrogens (tertiary/aromatic N) is 1. The fraction of sp³-hybridized carbons (Fsp3) is 0.514. The molecule has 7 rings (SSSR count). The van der Waals surface area contributed by atoms with Crippen molar-refractivity contribution in [3.05, 3.63) is 81.9 Å². The van der Waals surface area contributed by atoms with Gasteiger partial charge in [0.15, 0.2) is 11.6 Å². The van der Waals surface area contributed by atoms with Crippen molar-refractivity contribution in [2.75, 3.05) is 13.2 Å². The molecule has 2 aromatic carbocycles. The minimum absolute atomic E-state index is 0.00474. The highest BCUT2D eigenvalue weighted by molar-refractivity contribution is 6.09. The molecule has 222 valence electrons. The average Bonchev–Trinajstić information content (AvgIpc) is 3.57. The number of allylic oxidation sites excluding steroid dienone is 1. The zero-order chi connectivity index (χ0) is 30.0. The van der Waals surface area contributed by atoms with E-state index in [0.717, 1.165) is 43.2 Å². The van der Waals surface area contributed by atoms with Gasteiger partial charge in [-0.05, 0) is 92.7 Å². The molecule has 6 unspecified atom stereocenters. The maximum absolute atomic E-state index is 13.3. The van der Waals surface area contributed by atoms with E-state index < -0.39 is 22.4 Å². The lowest BCUT2D eigenvalue weighted by Crippen LogP contribution is -2.55. The van der Waals surface area contributed by atoms with Crippen LogP contribution in [-0.4, -0.2) is 46.2 Å². The summed E-state index contributed by atoms with van der Waals surface area (Å²) in [5.74, 6) is 6.00. The van der Waals surface area contributed by atoms with Crippen LogP contribution in [0.15, 0.2) is 59.7 Å². The van der Waals surface area contributed by atoms with Gasteiger partial charge in [0, 0.05) is 35.3 Å². The Kier molecular flexibility index (Phi) is 6.73. The lowest BCUT2D eigenvalue weighted by Gasteiger charge is -2.57. The van der Waals surface area contributed by atoms with Crippen LogP contribution in [0.5, 0.6) is 0 Å². The highest BCUT2D eigenvalue weighted by atomic mass is 16.7. The van der Waals surface area contributed by atoms with E-state index in [1.54, 1.807) is 31.2 Å². The Morgan fingerprint density at radius 1 is 0.953 bits per heavy atom. The minimum atomic E-state index is -1.05. The van der Waals surface area contributed by atoms with Gasteiger partial charge in [-0.1, -0.05) is 42.7 Å². The van der Waals surface area contributed by atoms with Gasteiger partial charge in [-0.25, -0.2) is 0 Å². The predicted molar refractivity (Wildman–Crippen MR) is 161 cm³/mol. The Bertz CT molecular complexity index is 1580. The Morgan fingerprint density at radius 2 is 1.63 bits per heavy atom. The summed E-state index contributed by atoms with van der Waals surface area (Å²) in [6.45, 7) is 5.16. The number of carbonyl (C=O) groups is 1. The molecule has 6 atom stereocenters. The molecule has 6 nitrogen and oxygen atoms in total. The monoisotopic (exact) mass is 577 g/mol. The number of aliphatic hydroxyl groups is 2. The summed E-state index contributed by atoms with van der Waals surface area (Å²) >= 11 is 0. The van der Waals surface area contributed by atoms with Crippen LogP contribution >= 0.6 is 0 Å². The van der Waals surface area contributed by atoms with E-state index in [4.69, 9.17) is 14.7 Å². The second-order valence-electron chi connectivity index (χ2n) is 13.6. The normalized spacial score (nSPS) is 35.7. The van der Waals surface area contributed by atoms with Crippen molar-refractivity contribution in [1.29, 1.82) is 5.26 Å². The fourth-order valence-electron chi connectivity index (χ4n) is 9.46. The Balaban J connectivity index is 1.29. The first kappa shape index (κ1) is 28.5. The molecule has 0 radical (unpaired) electrons. The molecule has 43 heavy (non-hydrogen) atoms. The van der Waals surface area contributed by atoms with Gasteiger partial charge in [0.25, 0.3) is 0 Å². The summed E-state index contributed by atoms with van der Waals surface area (Å²) in [5, 5.41) is 33.3. The summed E-state index contributed by atoms with van der Waals surface area (Å²) in [6, 6.07) is 16.7. The fourth-order valence-corrected chi connectivity index (χ4v) is 9.46. The van der Waals surface area contributed by atoms with Crippen molar-refractivity contribution >= 4 is 5.78 Å². The van der Waals surface area contributed by atoms with E-state index in [1.165, 1.54) is 5.57 Å². The predicted octanol–water partition coefficient (Wildman–Crippen LogP) is 5.81. The molecule has 2 N–H and O–H groups in total. The molecule has 4 aliphatic carbocycles. The first-order valence-corrected chi connectivity index (χ1v) is 15.7. The van der Waals surface area contributed by atoms with Crippen molar-refractivity contribution in [2.45, 2.75) is 88.1 Å². The number of hydrogen-bond donors (Lipinski definition) is 2. The molecule has 6 heteroatoms. The molecule has 4 fully saturated rings. The summed E-state index contributed by atoms with van der Waals surface area (Å²) in [4.78, 5) is 13.3. The van der Waals surface area contributed by atoms with E-state index in [-0.39, 0.29) is 23.5 Å². The van der Waals surface area contributed by atoms with Gasteiger partial charge in [0.2, 0.25) is 0 Å². The van der Waals surface area contributed by atoms with Gasteiger partial charge in [-0.15, -0.1) is 5.92 Å². The van der Waals surface area contributed by atoms with Gasteiger partial charge in [-0.3, -0.25) is 4.79 Å². The third-order valence-electron chi connectivity index (χ3n) is 11.6. The van der Waals surface area contributed by atoms with E-state index in [9.17, 15) is 15.0 Å². The zero-order valence-electron chi connectivity index (χ0n) is 25.0. The molecule has 0 amide bonds. The van der Waals surface area contributed by atoms with Crippen molar-refractivity contribution in [3.63, 3.8) is 0 Å². The lowest BCUT2D eigenvalue weighted by molar-refractivity contribution is -0.208. The van der Waals surface area contributed by atoms with Crippen molar-refractivity contribution in [2.24, 2.45) is 17.3 Å². The summed E-state index contributed by atoms with van der Waals surface area (Å²) in [7, 11) is 0. The molecule has 5 aliphatic rings. The average molecular weight is 578 g/mol. The number of carbonyl (C=O) groups excluding carboxylic acids is 1. The van der Waals surface area contributed by atoms with E-state index in [2.05, 4.69) is 37.0 Å². The van der Waals surface area contributed by atoms with Crippen LogP contribution in [0, 0.1) is 40.4 Å². The van der Waals surface area contributed by atoms with Crippen molar-refractivity contribution < 1.29 is 24.5 Å². The first-order valence-electron chi connectivity index (χ1n) is 15.7. The van der Waals surface area contributed by atoms with Crippen LogP contribution in [0.1, 0.15) is 98.2 Å². The van der Waals surface area contributed by atoms with Gasteiger partial charge in [0.05, 0.1) is 30.4 Å². The third-order valence-corrected chi connectivity index (χ3v) is 11.6. The summed E-state index contributed by atoms with van der Waals surface area (Å²) in [6.07, 6.45) is 5.76. The zero-order valence-corrected chi connectivity index (χ0v) is 25.0. The molecular formula is C37H39NO5. The highest BCUT2D eigenvalue weighted by Crippen LogP contribution is 2.67. The maximum atomic E-state index is 13.3. The number of benzene rings is 2. The molecule has 0 bridgehead atoms. The Hall–Kier alpha value is -3.26. The largest absolute Gasteiger partial charge is 0.385 e. The molecular weight excluding hydrogens is 538 g/mol. The summed E-state index contributed by atoms with van der Waals surface area (Å²) < 4.78 is 12.1. The van der Waals surface area contributed by atoms with Crippen LogP contribution in [-0.2, 0) is 9.47 Å². The van der Waals surface area contributed by atoms with Crippen LogP contribution in [0.2, 0.25) is 0 Å². The number of nitriles is 1. The van der Waals surface area contributed by atoms with Gasteiger partial charge < -0.3 is 19.7 Å². The van der Waals surface area contributed by atoms with Crippen LogP contribution < -0.4 is 0 Å². The number of rotatable bonds is 3. The molecule has 2 aromatic rings. The minimum Gasteiger partial charge on any atom is -0.385 e. The molecule has 1 saturated heterocycles. The first-order chi connectivity index (χ1) is 20.6. The van der Waals surface area contributed by atoms with Crippen LogP contribution in [0.4, 0.5) is 0 Å². The molecule has 0 aromatic heterocycles. The molecule has 1 aliphatic heterocycles. The quantitative estimate of drug-likeness (QED) is 0.271. The van der Waals surface area contributed by atoms with Crippen molar-refractivity contribution in [3.8, 4) is 17.9 Å². The van der Waals surface area contributed by atoms with E-state index in [1.807, 2.05) is 12.1 Å². The second kappa shape index (κ2) is 10.1. The number of ether oxygens (including phenoxy) is 2. The molecule has 1 heterocycles. The number of hydrogen-bond acceptors (Lipinski definition) is 6. The SMILES string of the molecule is CC#CC1(O)CCC2C3CCC4(O)CC5(CCC4=C3C(c3ccc(C(=O)c4ccc(C#N)cc4)cc3)CC21C)OCCO5. The van der Waals surface area contributed by atoms with Gasteiger partial charge in [-0.2, -0.15) is 5.26 Å². The van der Waals surface area contributed by atoms with Gasteiger partial charge >= 0.3 is 0 Å². The Labute approximate surface area is 253 Å². The maximum Gasteiger partial charge on any atom is 0.193 e. The highest BCUT2D eigenvalue weighted by Gasteiger charge is 2.64. The summed E-state index contributed by atoms with van der Waals surface area (Å²) in [5.41, 5.74) is 2.82. The number of fused-ring (bicyclic) bond motifs is 4. The lowest BCUT2D eigenvalue weighted by atomic mass is 9.49. The van der Waals surface area contributed by atoms with Crippen LogP contribution in [0.25, 0.3) is 0 Å². The second-order valence-corrected chi connectivity index (χ2v) is 13.6. The van der Waals surface area contributed by atoms with Crippen LogP contribution in [0.3, 0.4) is 0 Å².